The molecule has 0 bridgehead atoms. The summed E-state index contributed by atoms with van der Waals surface area (Å²) in [6.07, 6.45) is 1.87. The van der Waals surface area contributed by atoms with Gasteiger partial charge in [-0.05, 0) is 31.2 Å². The number of nitrogens with zero attached hydrogens (tertiary/aromatic N) is 2. The fraction of sp³-hybridized carbons (Fsp3) is 0.400. The second kappa shape index (κ2) is 8.72. The molecule has 0 unspecified atom stereocenters. The summed E-state index contributed by atoms with van der Waals surface area (Å²) in [4.78, 5) is 24.7. The van der Waals surface area contributed by atoms with Crippen molar-refractivity contribution in [3.05, 3.63) is 29.8 Å². The lowest BCUT2D eigenvalue weighted by Crippen LogP contribution is -2.39. The van der Waals surface area contributed by atoms with Gasteiger partial charge < -0.3 is 11.1 Å². The van der Waals surface area contributed by atoms with Crippen molar-refractivity contribution in [3.63, 3.8) is 0 Å². The lowest BCUT2D eigenvalue weighted by molar-refractivity contribution is -0.121. The lowest BCUT2D eigenvalue weighted by atomic mass is 10.2. The highest BCUT2D eigenvalue weighted by Gasteiger charge is 2.12. The summed E-state index contributed by atoms with van der Waals surface area (Å²) in [6.45, 7) is 2.84. The first-order valence-electron chi connectivity index (χ1n) is 6.85. The molecule has 0 atom stereocenters. The van der Waals surface area contributed by atoms with E-state index in [1.54, 1.807) is 29.2 Å². The maximum Gasteiger partial charge on any atom is 0.238 e. The van der Waals surface area contributed by atoms with Gasteiger partial charge in [0.15, 0.2) is 0 Å². The van der Waals surface area contributed by atoms with Gasteiger partial charge >= 0.3 is 0 Å². The second-order valence-electron chi connectivity index (χ2n) is 4.77. The molecule has 0 aliphatic heterocycles. The van der Waals surface area contributed by atoms with Crippen LogP contribution in [0.2, 0.25) is 0 Å². The van der Waals surface area contributed by atoms with Crippen LogP contribution in [0.3, 0.4) is 0 Å². The Hall–Kier alpha value is -2.39. The Labute approximate surface area is 124 Å². The minimum atomic E-state index is -0.453. The van der Waals surface area contributed by atoms with E-state index in [1.165, 1.54) is 0 Å². The van der Waals surface area contributed by atoms with E-state index in [-0.39, 0.29) is 19.0 Å². The van der Waals surface area contributed by atoms with Gasteiger partial charge in [-0.2, -0.15) is 5.26 Å². The molecule has 2 amide bonds. The number of hydrogen-bond donors (Lipinski definition) is 2. The molecule has 0 saturated heterocycles. The molecule has 0 fully saturated rings. The SMILES string of the molecule is CCCCN(CC(N)=O)CC(=O)Nc1cccc(C#N)c1. The van der Waals surface area contributed by atoms with Crippen LogP contribution in [0.4, 0.5) is 5.69 Å². The minimum absolute atomic E-state index is 0.0612. The Morgan fingerprint density at radius 2 is 2.14 bits per heavy atom. The average molecular weight is 288 g/mol. The summed E-state index contributed by atoms with van der Waals surface area (Å²) in [6, 6.07) is 8.69. The molecule has 0 heterocycles. The molecule has 6 heteroatoms. The van der Waals surface area contributed by atoms with E-state index in [2.05, 4.69) is 5.32 Å². The van der Waals surface area contributed by atoms with Crippen molar-refractivity contribution >= 4 is 17.5 Å². The number of anilines is 1. The van der Waals surface area contributed by atoms with Crippen LogP contribution in [-0.4, -0.2) is 36.3 Å². The average Bonchev–Trinajstić information content (AvgIpc) is 2.44. The monoisotopic (exact) mass is 288 g/mol. The van der Waals surface area contributed by atoms with Gasteiger partial charge in [-0.15, -0.1) is 0 Å². The third-order valence-corrected chi connectivity index (χ3v) is 2.85. The number of rotatable bonds is 8. The summed E-state index contributed by atoms with van der Waals surface area (Å²) < 4.78 is 0. The van der Waals surface area contributed by atoms with Crippen LogP contribution in [0.15, 0.2) is 24.3 Å². The van der Waals surface area contributed by atoms with Crippen LogP contribution in [0.25, 0.3) is 0 Å². The quantitative estimate of drug-likeness (QED) is 0.747. The third-order valence-electron chi connectivity index (χ3n) is 2.85. The van der Waals surface area contributed by atoms with Gasteiger partial charge in [0, 0.05) is 5.69 Å². The van der Waals surface area contributed by atoms with Crippen molar-refractivity contribution in [1.29, 1.82) is 5.26 Å². The Kier molecular flexibility index (Phi) is 6.92. The summed E-state index contributed by atoms with van der Waals surface area (Å²) in [5, 5.41) is 11.5. The fourth-order valence-electron chi connectivity index (χ4n) is 1.89. The molecule has 0 saturated carbocycles. The first kappa shape index (κ1) is 16.7. The maximum absolute atomic E-state index is 12.0. The van der Waals surface area contributed by atoms with Crippen LogP contribution < -0.4 is 11.1 Å². The molecule has 0 spiro atoms. The number of hydrogen-bond acceptors (Lipinski definition) is 4. The molecule has 1 aromatic carbocycles. The molecule has 1 rings (SSSR count). The zero-order chi connectivity index (χ0) is 15.7. The highest BCUT2D eigenvalue weighted by Crippen LogP contribution is 2.09. The van der Waals surface area contributed by atoms with Crippen molar-refractivity contribution in [3.8, 4) is 6.07 Å². The highest BCUT2D eigenvalue weighted by atomic mass is 16.2. The van der Waals surface area contributed by atoms with E-state index in [1.807, 2.05) is 13.0 Å². The fourth-order valence-corrected chi connectivity index (χ4v) is 1.89. The molecule has 0 radical (unpaired) electrons. The smallest absolute Gasteiger partial charge is 0.238 e. The summed E-state index contributed by atoms with van der Waals surface area (Å²) >= 11 is 0. The lowest BCUT2D eigenvalue weighted by Gasteiger charge is -2.19. The number of nitrogens with one attached hydrogen (secondary N) is 1. The molecule has 0 aliphatic carbocycles. The van der Waals surface area contributed by atoms with Crippen LogP contribution in [-0.2, 0) is 9.59 Å². The zero-order valence-corrected chi connectivity index (χ0v) is 12.1. The second-order valence-corrected chi connectivity index (χ2v) is 4.77. The van der Waals surface area contributed by atoms with Crippen LogP contribution >= 0.6 is 0 Å². The molecular formula is C15H20N4O2. The van der Waals surface area contributed by atoms with E-state index in [0.717, 1.165) is 12.8 Å². The van der Waals surface area contributed by atoms with Gasteiger partial charge in [-0.25, -0.2) is 0 Å². The van der Waals surface area contributed by atoms with Crippen molar-refractivity contribution < 1.29 is 9.59 Å². The van der Waals surface area contributed by atoms with Crippen LogP contribution in [0.1, 0.15) is 25.3 Å². The Bertz CT molecular complexity index is 537. The maximum atomic E-state index is 12.0. The van der Waals surface area contributed by atoms with E-state index in [9.17, 15) is 9.59 Å². The Morgan fingerprint density at radius 3 is 2.76 bits per heavy atom. The molecular weight excluding hydrogens is 268 g/mol. The van der Waals surface area contributed by atoms with Gasteiger partial charge in [-0.1, -0.05) is 19.4 Å². The van der Waals surface area contributed by atoms with Gasteiger partial charge in [-0.3, -0.25) is 14.5 Å². The normalized spacial score (nSPS) is 10.1. The largest absolute Gasteiger partial charge is 0.369 e. The van der Waals surface area contributed by atoms with Crippen molar-refractivity contribution in [2.45, 2.75) is 19.8 Å². The third kappa shape index (κ3) is 6.54. The van der Waals surface area contributed by atoms with Crippen LogP contribution in [0.5, 0.6) is 0 Å². The van der Waals surface area contributed by atoms with E-state index < -0.39 is 5.91 Å². The zero-order valence-electron chi connectivity index (χ0n) is 12.1. The number of carbonyl (C=O) groups is 2. The number of benzene rings is 1. The predicted molar refractivity (Wildman–Crippen MR) is 80.3 cm³/mol. The van der Waals surface area contributed by atoms with Gasteiger partial charge in [0.25, 0.3) is 0 Å². The predicted octanol–water partition coefficient (Wildman–Crippen LogP) is 1.08. The van der Waals surface area contributed by atoms with Crippen molar-refractivity contribution in [1.82, 2.24) is 4.90 Å². The molecule has 0 aromatic heterocycles. The molecule has 3 N–H and O–H groups in total. The Balaban J connectivity index is 2.59. The van der Waals surface area contributed by atoms with E-state index in [4.69, 9.17) is 11.0 Å². The number of nitriles is 1. The highest BCUT2D eigenvalue weighted by molar-refractivity contribution is 5.92. The van der Waals surface area contributed by atoms with E-state index >= 15 is 0 Å². The number of nitrogens with two attached hydrogens (primary N) is 1. The summed E-state index contributed by atoms with van der Waals surface area (Å²) in [5.41, 5.74) is 6.23. The minimum Gasteiger partial charge on any atom is -0.369 e. The van der Waals surface area contributed by atoms with Gasteiger partial charge in [0.2, 0.25) is 11.8 Å². The topological polar surface area (TPSA) is 99.2 Å². The molecule has 1 aromatic rings. The number of unbranched alkanes of at least 4 members (excludes halogenated alkanes) is 1. The number of amides is 2. The summed E-state index contributed by atoms with van der Waals surface area (Å²) in [5.74, 6) is -0.687. The molecule has 21 heavy (non-hydrogen) atoms. The molecule has 112 valence electrons. The number of carbonyl (C=O) groups excluding carboxylic acids is 2. The van der Waals surface area contributed by atoms with Gasteiger partial charge in [0.1, 0.15) is 0 Å². The van der Waals surface area contributed by atoms with Gasteiger partial charge in [0.05, 0.1) is 24.7 Å². The molecule has 6 nitrogen and oxygen atoms in total. The summed E-state index contributed by atoms with van der Waals surface area (Å²) in [7, 11) is 0. The Morgan fingerprint density at radius 1 is 1.38 bits per heavy atom. The van der Waals surface area contributed by atoms with Crippen molar-refractivity contribution in [2.24, 2.45) is 5.73 Å². The van der Waals surface area contributed by atoms with Crippen LogP contribution in [0, 0.1) is 11.3 Å². The van der Waals surface area contributed by atoms with Crippen molar-refractivity contribution in [2.75, 3.05) is 25.0 Å². The molecule has 0 aliphatic rings. The number of primary amides is 1. The standard InChI is InChI=1S/C15H20N4O2/c1-2-3-7-19(10-14(17)20)11-15(21)18-13-6-4-5-12(8-13)9-16/h4-6,8H,2-3,7,10-11H2,1H3,(H2,17,20)(H,18,21). The van der Waals surface area contributed by atoms with E-state index in [0.29, 0.717) is 17.8 Å². The first-order valence-corrected chi connectivity index (χ1v) is 6.85. The first-order chi connectivity index (χ1) is 10.0.